The van der Waals surface area contributed by atoms with Gasteiger partial charge in [0.25, 0.3) is 0 Å². The molecule has 0 atom stereocenters. The summed E-state index contributed by atoms with van der Waals surface area (Å²) in [6.45, 7) is 8.47. The van der Waals surface area contributed by atoms with Gasteiger partial charge in [-0.05, 0) is 62.6 Å². The van der Waals surface area contributed by atoms with Crippen LogP contribution >= 0.6 is 0 Å². The van der Waals surface area contributed by atoms with Crippen LogP contribution in [0.4, 0.5) is 0 Å². The fraction of sp³-hybridized carbons (Fsp3) is 0.435. The highest BCUT2D eigenvalue weighted by molar-refractivity contribution is 7.89. The van der Waals surface area contributed by atoms with Crippen molar-refractivity contribution in [2.75, 3.05) is 13.1 Å². The standard InChI is InChI=1S/C23H27NO4S/c1-15-5-6-22(18(4)11-15)29(26,27)24-9-7-23(8-10-24)14-20(25)19-12-16(2)17(3)13-21(19)28-23/h5-6,11-13H,7-10,14H2,1-4H3. The zero-order chi connectivity index (χ0) is 21.0. The fourth-order valence-corrected chi connectivity index (χ4v) is 6.04. The molecule has 5 nitrogen and oxygen atoms in total. The average molecular weight is 414 g/mol. The van der Waals surface area contributed by atoms with Gasteiger partial charge in [0.05, 0.1) is 16.9 Å². The van der Waals surface area contributed by atoms with E-state index < -0.39 is 15.6 Å². The third-order valence-electron chi connectivity index (χ3n) is 6.29. The molecule has 0 N–H and O–H groups in total. The van der Waals surface area contributed by atoms with Crippen LogP contribution in [-0.2, 0) is 10.0 Å². The number of carbonyl (C=O) groups is 1. The van der Waals surface area contributed by atoms with Crippen molar-refractivity contribution in [3.8, 4) is 5.75 Å². The number of piperidine rings is 1. The van der Waals surface area contributed by atoms with Gasteiger partial charge in [-0.15, -0.1) is 0 Å². The molecule has 2 aromatic rings. The quantitative estimate of drug-likeness (QED) is 0.743. The summed E-state index contributed by atoms with van der Waals surface area (Å²) in [6, 6.07) is 9.24. The molecule has 2 heterocycles. The smallest absolute Gasteiger partial charge is 0.243 e. The van der Waals surface area contributed by atoms with Crippen molar-refractivity contribution in [2.45, 2.75) is 57.5 Å². The molecular formula is C23H27NO4S. The number of nitrogens with zero attached hydrogens (tertiary/aromatic N) is 1. The van der Waals surface area contributed by atoms with E-state index in [1.807, 2.05) is 52.0 Å². The van der Waals surface area contributed by atoms with Gasteiger partial charge >= 0.3 is 0 Å². The molecule has 1 fully saturated rings. The Labute approximate surface area is 172 Å². The molecule has 29 heavy (non-hydrogen) atoms. The topological polar surface area (TPSA) is 63.7 Å². The molecule has 2 aliphatic rings. The van der Waals surface area contributed by atoms with Crippen molar-refractivity contribution >= 4 is 15.8 Å². The van der Waals surface area contributed by atoms with Gasteiger partial charge in [0.2, 0.25) is 10.0 Å². The number of hydrogen-bond acceptors (Lipinski definition) is 4. The summed E-state index contributed by atoms with van der Waals surface area (Å²) in [5.41, 5.74) is 3.99. The molecular weight excluding hydrogens is 386 g/mol. The number of hydrogen-bond donors (Lipinski definition) is 0. The summed E-state index contributed by atoms with van der Waals surface area (Å²) in [6.07, 6.45) is 1.32. The van der Waals surface area contributed by atoms with Crippen LogP contribution in [0.25, 0.3) is 0 Å². The van der Waals surface area contributed by atoms with Crippen molar-refractivity contribution < 1.29 is 17.9 Å². The Hall–Kier alpha value is -2.18. The minimum absolute atomic E-state index is 0.0834. The van der Waals surface area contributed by atoms with Gasteiger partial charge in [-0.2, -0.15) is 4.31 Å². The monoisotopic (exact) mass is 413 g/mol. The third kappa shape index (κ3) is 3.49. The molecule has 4 rings (SSSR count). The first-order valence-corrected chi connectivity index (χ1v) is 11.5. The lowest BCUT2D eigenvalue weighted by molar-refractivity contribution is 0.00585. The van der Waals surface area contributed by atoms with E-state index in [-0.39, 0.29) is 5.78 Å². The van der Waals surface area contributed by atoms with Gasteiger partial charge in [-0.3, -0.25) is 4.79 Å². The fourth-order valence-electron chi connectivity index (χ4n) is 4.39. The van der Waals surface area contributed by atoms with Crippen molar-refractivity contribution in [3.63, 3.8) is 0 Å². The first-order chi connectivity index (χ1) is 13.6. The van der Waals surface area contributed by atoms with Crippen molar-refractivity contribution in [1.29, 1.82) is 0 Å². The van der Waals surface area contributed by atoms with Crippen molar-refractivity contribution in [2.24, 2.45) is 0 Å². The van der Waals surface area contributed by atoms with Gasteiger partial charge in [0, 0.05) is 25.9 Å². The summed E-state index contributed by atoms with van der Waals surface area (Å²) < 4.78 is 34.2. The molecule has 0 amide bonds. The summed E-state index contributed by atoms with van der Waals surface area (Å²) >= 11 is 0. The van der Waals surface area contributed by atoms with Crippen LogP contribution in [0.2, 0.25) is 0 Å². The number of sulfonamides is 1. The molecule has 0 aliphatic carbocycles. The number of aryl methyl sites for hydroxylation is 4. The summed E-state index contributed by atoms with van der Waals surface area (Å²) in [5.74, 6) is 0.718. The SMILES string of the molecule is Cc1ccc(S(=O)(=O)N2CCC3(CC2)CC(=O)c2cc(C)c(C)cc2O3)c(C)c1. The molecule has 1 saturated heterocycles. The number of Topliss-reactive ketones (excluding diaryl/α,β-unsaturated/α-hetero) is 1. The molecule has 2 aliphatic heterocycles. The van der Waals surface area contributed by atoms with E-state index in [0.717, 1.165) is 22.3 Å². The Kier molecular flexibility index (Phi) is 4.82. The molecule has 0 bridgehead atoms. The van der Waals surface area contributed by atoms with E-state index in [0.29, 0.717) is 48.6 Å². The second-order valence-electron chi connectivity index (χ2n) is 8.49. The van der Waals surface area contributed by atoms with Crippen LogP contribution < -0.4 is 4.74 Å². The van der Waals surface area contributed by atoms with Crippen LogP contribution in [0.15, 0.2) is 35.2 Å². The summed E-state index contributed by atoms with van der Waals surface area (Å²) in [5, 5.41) is 0. The van der Waals surface area contributed by atoms with Gasteiger partial charge in [-0.25, -0.2) is 8.42 Å². The number of ether oxygens (including phenoxy) is 1. The largest absolute Gasteiger partial charge is 0.486 e. The lowest BCUT2D eigenvalue weighted by atomic mass is 9.82. The maximum atomic E-state index is 13.2. The molecule has 0 unspecified atom stereocenters. The number of rotatable bonds is 2. The molecule has 0 aromatic heterocycles. The van der Waals surface area contributed by atoms with Crippen LogP contribution in [0.5, 0.6) is 5.75 Å². The van der Waals surface area contributed by atoms with Crippen LogP contribution in [0.3, 0.4) is 0 Å². The molecule has 6 heteroatoms. The maximum absolute atomic E-state index is 13.2. The second-order valence-corrected chi connectivity index (χ2v) is 10.4. The van der Waals surface area contributed by atoms with E-state index in [9.17, 15) is 13.2 Å². The Morgan fingerprint density at radius 2 is 1.59 bits per heavy atom. The number of benzene rings is 2. The highest BCUT2D eigenvalue weighted by Gasteiger charge is 2.45. The van der Waals surface area contributed by atoms with E-state index >= 15 is 0 Å². The number of fused-ring (bicyclic) bond motifs is 1. The van der Waals surface area contributed by atoms with E-state index in [1.54, 1.807) is 6.07 Å². The van der Waals surface area contributed by atoms with E-state index in [4.69, 9.17) is 4.74 Å². The average Bonchev–Trinajstić information content (AvgIpc) is 2.63. The van der Waals surface area contributed by atoms with Gasteiger partial charge in [-0.1, -0.05) is 17.7 Å². The van der Waals surface area contributed by atoms with E-state index in [1.165, 1.54) is 4.31 Å². The maximum Gasteiger partial charge on any atom is 0.243 e. The lowest BCUT2D eigenvalue weighted by Crippen LogP contribution is -2.52. The third-order valence-corrected chi connectivity index (χ3v) is 8.35. The van der Waals surface area contributed by atoms with Gasteiger partial charge in [0.1, 0.15) is 11.4 Å². The molecule has 0 saturated carbocycles. The molecule has 1 spiro atoms. The minimum Gasteiger partial charge on any atom is -0.486 e. The predicted octanol–water partition coefficient (Wildman–Crippen LogP) is 4.11. The zero-order valence-corrected chi connectivity index (χ0v) is 18.2. The number of carbonyl (C=O) groups excluding carboxylic acids is 1. The summed E-state index contributed by atoms with van der Waals surface area (Å²) in [4.78, 5) is 13.1. The Morgan fingerprint density at radius 3 is 2.24 bits per heavy atom. The normalized spacial score (nSPS) is 19.1. The highest BCUT2D eigenvalue weighted by atomic mass is 32.2. The Bertz CT molecular complexity index is 1100. The van der Waals surface area contributed by atoms with Crippen LogP contribution in [0, 0.1) is 27.7 Å². The predicted molar refractivity (Wildman–Crippen MR) is 112 cm³/mol. The van der Waals surface area contributed by atoms with Gasteiger partial charge < -0.3 is 4.74 Å². The first-order valence-electron chi connectivity index (χ1n) is 10.0. The minimum atomic E-state index is -3.56. The first kappa shape index (κ1) is 20.1. The molecule has 0 radical (unpaired) electrons. The lowest BCUT2D eigenvalue weighted by Gasteiger charge is -2.43. The van der Waals surface area contributed by atoms with Crippen LogP contribution in [-0.4, -0.2) is 37.2 Å². The van der Waals surface area contributed by atoms with Crippen molar-refractivity contribution in [1.82, 2.24) is 4.31 Å². The highest BCUT2D eigenvalue weighted by Crippen LogP contribution is 2.41. The zero-order valence-electron chi connectivity index (χ0n) is 17.4. The van der Waals surface area contributed by atoms with E-state index in [2.05, 4.69) is 0 Å². The number of ketones is 1. The Morgan fingerprint density at radius 1 is 0.931 bits per heavy atom. The Balaban J connectivity index is 1.56. The van der Waals surface area contributed by atoms with Crippen LogP contribution in [0.1, 0.15) is 51.9 Å². The molecule has 154 valence electrons. The van der Waals surface area contributed by atoms with Crippen molar-refractivity contribution in [3.05, 3.63) is 58.1 Å². The molecule has 2 aromatic carbocycles. The summed E-state index contributed by atoms with van der Waals surface area (Å²) in [7, 11) is -3.56. The van der Waals surface area contributed by atoms with Gasteiger partial charge in [0.15, 0.2) is 5.78 Å². The second kappa shape index (κ2) is 6.96.